The van der Waals surface area contributed by atoms with Gasteiger partial charge in [-0.2, -0.15) is 0 Å². The summed E-state index contributed by atoms with van der Waals surface area (Å²) in [6.07, 6.45) is 8.67. The maximum Gasteiger partial charge on any atom is 0.116 e. The van der Waals surface area contributed by atoms with E-state index in [1.54, 1.807) is 21.5 Å². The van der Waals surface area contributed by atoms with Crippen molar-refractivity contribution in [3.8, 4) is 0 Å². The van der Waals surface area contributed by atoms with Gasteiger partial charge < -0.3 is 0 Å². The molecular weight excluding hydrogens is 352 g/mol. The van der Waals surface area contributed by atoms with Crippen molar-refractivity contribution < 1.29 is 0 Å². The Hall–Kier alpha value is -1.86. The lowest BCUT2D eigenvalue weighted by molar-refractivity contribution is 0.871. The van der Waals surface area contributed by atoms with E-state index in [0.717, 1.165) is 6.42 Å². The fourth-order valence-electron chi connectivity index (χ4n) is 5.18. The summed E-state index contributed by atoms with van der Waals surface area (Å²) in [5.74, 6) is 0. The van der Waals surface area contributed by atoms with E-state index in [-0.39, 0.29) is 0 Å². The van der Waals surface area contributed by atoms with E-state index in [0.29, 0.717) is 0 Å². The van der Waals surface area contributed by atoms with Crippen molar-refractivity contribution in [3.63, 3.8) is 0 Å². The summed E-state index contributed by atoms with van der Waals surface area (Å²) in [7, 11) is -1.84. The van der Waals surface area contributed by atoms with Crippen molar-refractivity contribution in [1.82, 2.24) is 0 Å². The zero-order valence-corrected chi connectivity index (χ0v) is 19.9. The third-order valence-electron chi connectivity index (χ3n) is 7.20. The first-order valence-corrected chi connectivity index (χ1v) is 13.6. The van der Waals surface area contributed by atoms with Crippen molar-refractivity contribution in [2.24, 2.45) is 0 Å². The minimum atomic E-state index is -1.84. The van der Waals surface area contributed by atoms with Gasteiger partial charge in [0.05, 0.1) is 0 Å². The zero-order chi connectivity index (χ0) is 20.5. The molecule has 1 aliphatic carbocycles. The second-order valence-electron chi connectivity index (χ2n) is 8.77. The SMILES string of the molecule is CCCC[Si](C)(C1=CCC=C1c1ccccc1)c1c(C)c(C)c(C)c(C)c1C. The van der Waals surface area contributed by atoms with Crippen molar-refractivity contribution in [3.05, 3.63) is 81.1 Å². The van der Waals surface area contributed by atoms with Gasteiger partial charge in [-0.1, -0.05) is 74.0 Å². The minimum Gasteiger partial charge on any atom is -0.0804 e. The molecule has 0 nitrogen and oxygen atoms in total. The Morgan fingerprint density at radius 2 is 1.36 bits per heavy atom. The highest BCUT2D eigenvalue weighted by atomic mass is 28.3. The number of unbranched alkanes of at least 4 members (excludes halogenated alkanes) is 1. The Kier molecular flexibility index (Phi) is 6.14. The molecule has 0 aromatic heterocycles. The summed E-state index contributed by atoms with van der Waals surface area (Å²) in [5.41, 5.74) is 10.5. The fourth-order valence-corrected chi connectivity index (χ4v) is 10.5. The molecule has 148 valence electrons. The molecule has 1 heteroatoms. The van der Waals surface area contributed by atoms with Crippen LogP contribution in [0.1, 0.15) is 59.6 Å². The first-order valence-electron chi connectivity index (χ1n) is 10.9. The Morgan fingerprint density at radius 1 is 0.786 bits per heavy atom. The van der Waals surface area contributed by atoms with Crippen LogP contribution in [0.5, 0.6) is 0 Å². The number of allylic oxidation sites excluding steroid dienone is 4. The van der Waals surface area contributed by atoms with Gasteiger partial charge in [-0.15, -0.1) is 0 Å². The summed E-state index contributed by atoms with van der Waals surface area (Å²) in [6.45, 7) is 16.7. The molecule has 0 amide bonds. The molecular formula is C27H36Si. The van der Waals surface area contributed by atoms with Crippen molar-refractivity contribution in [2.75, 3.05) is 0 Å². The lowest BCUT2D eigenvalue weighted by Crippen LogP contribution is -2.50. The van der Waals surface area contributed by atoms with Crippen molar-refractivity contribution >= 4 is 18.8 Å². The number of rotatable bonds is 6. The van der Waals surface area contributed by atoms with E-state index < -0.39 is 8.07 Å². The van der Waals surface area contributed by atoms with E-state index in [4.69, 9.17) is 0 Å². The predicted octanol–water partition coefficient (Wildman–Crippen LogP) is 7.27. The predicted molar refractivity (Wildman–Crippen MR) is 128 cm³/mol. The third kappa shape index (κ3) is 3.46. The minimum absolute atomic E-state index is 1.08. The quantitative estimate of drug-likeness (QED) is 0.456. The summed E-state index contributed by atoms with van der Waals surface area (Å²) >= 11 is 0. The first kappa shape index (κ1) is 20.9. The van der Waals surface area contributed by atoms with Crippen LogP contribution >= 0.6 is 0 Å². The lowest BCUT2D eigenvalue weighted by atomic mass is 9.95. The van der Waals surface area contributed by atoms with Crippen LogP contribution < -0.4 is 5.19 Å². The Morgan fingerprint density at radius 3 is 1.93 bits per heavy atom. The molecule has 1 aliphatic rings. The molecule has 3 rings (SSSR count). The van der Waals surface area contributed by atoms with Crippen LogP contribution in [0.15, 0.2) is 47.7 Å². The maximum atomic E-state index is 2.64. The van der Waals surface area contributed by atoms with Gasteiger partial charge in [0.2, 0.25) is 0 Å². The van der Waals surface area contributed by atoms with Gasteiger partial charge >= 0.3 is 0 Å². The monoisotopic (exact) mass is 388 g/mol. The molecule has 0 saturated heterocycles. The number of benzene rings is 2. The van der Waals surface area contributed by atoms with Gasteiger partial charge in [0.25, 0.3) is 0 Å². The first-order chi connectivity index (χ1) is 13.3. The highest BCUT2D eigenvalue weighted by molar-refractivity contribution is 6.99. The fraction of sp³-hybridized carbons (Fsp3) is 0.407. The molecule has 28 heavy (non-hydrogen) atoms. The average Bonchev–Trinajstić information content (AvgIpc) is 3.21. The van der Waals surface area contributed by atoms with Crippen LogP contribution in [0.25, 0.3) is 5.57 Å². The Bertz CT molecular complexity index is 901. The van der Waals surface area contributed by atoms with E-state index in [2.05, 4.69) is 90.6 Å². The van der Waals surface area contributed by atoms with Crippen LogP contribution in [0.3, 0.4) is 0 Å². The highest BCUT2D eigenvalue weighted by Crippen LogP contribution is 2.39. The molecule has 1 atom stereocenters. The van der Waals surface area contributed by atoms with Crippen molar-refractivity contribution in [2.45, 2.75) is 73.4 Å². The average molecular weight is 389 g/mol. The molecule has 1 unspecified atom stereocenters. The molecule has 0 saturated carbocycles. The highest BCUT2D eigenvalue weighted by Gasteiger charge is 2.39. The van der Waals surface area contributed by atoms with Gasteiger partial charge in [0, 0.05) is 0 Å². The van der Waals surface area contributed by atoms with Crippen LogP contribution in [0.2, 0.25) is 12.6 Å². The Balaban J connectivity index is 2.22. The Labute approximate surface area is 173 Å². The smallest absolute Gasteiger partial charge is 0.0804 e. The van der Waals surface area contributed by atoms with Crippen LogP contribution in [-0.4, -0.2) is 8.07 Å². The molecule has 0 spiro atoms. The molecule has 0 bridgehead atoms. The van der Waals surface area contributed by atoms with Crippen LogP contribution in [-0.2, 0) is 0 Å². The molecule has 0 radical (unpaired) electrons. The number of hydrogen-bond donors (Lipinski definition) is 0. The van der Waals surface area contributed by atoms with E-state index in [1.807, 2.05) is 0 Å². The second kappa shape index (κ2) is 8.25. The van der Waals surface area contributed by atoms with E-state index in [1.165, 1.54) is 46.7 Å². The standard InChI is InChI=1S/C27H36Si/c1-8-9-18-28(7,27-22(5)20(3)19(2)21(4)23(27)6)26-17-13-16-25(26)24-14-11-10-12-15-24/h10-12,14-17H,8-9,13,18H2,1-7H3. The van der Waals surface area contributed by atoms with Gasteiger partial charge in [0.15, 0.2) is 0 Å². The molecule has 0 fully saturated rings. The largest absolute Gasteiger partial charge is 0.116 e. The maximum absolute atomic E-state index is 2.64. The summed E-state index contributed by atoms with van der Waals surface area (Å²) < 4.78 is 0. The van der Waals surface area contributed by atoms with Gasteiger partial charge in [-0.25, -0.2) is 0 Å². The van der Waals surface area contributed by atoms with E-state index >= 15 is 0 Å². The van der Waals surface area contributed by atoms with Crippen LogP contribution in [0.4, 0.5) is 0 Å². The van der Waals surface area contributed by atoms with Crippen LogP contribution in [0, 0.1) is 34.6 Å². The summed E-state index contributed by atoms with van der Waals surface area (Å²) in [4.78, 5) is 0. The third-order valence-corrected chi connectivity index (χ3v) is 12.1. The molecule has 0 aliphatic heterocycles. The van der Waals surface area contributed by atoms with Gasteiger partial charge in [-0.3, -0.25) is 0 Å². The zero-order valence-electron chi connectivity index (χ0n) is 18.9. The summed E-state index contributed by atoms with van der Waals surface area (Å²) in [5, 5.41) is 3.37. The number of hydrogen-bond acceptors (Lipinski definition) is 0. The van der Waals surface area contributed by atoms with E-state index in [9.17, 15) is 0 Å². The van der Waals surface area contributed by atoms with Crippen molar-refractivity contribution in [1.29, 1.82) is 0 Å². The van der Waals surface area contributed by atoms with Gasteiger partial charge in [-0.05, 0) is 91.2 Å². The lowest BCUT2D eigenvalue weighted by Gasteiger charge is -2.36. The molecule has 2 aromatic rings. The molecule has 0 N–H and O–H groups in total. The van der Waals surface area contributed by atoms with Gasteiger partial charge in [0.1, 0.15) is 8.07 Å². The molecule has 0 heterocycles. The topological polar surface area (TPSA) is 0 Å². The molecule has 2 aromatic carbocycles. The second-order valence-corrected chi connectivity index (χ2v) is 13.0. The normalized spacial score (nSPS) is 16.0. The summed E-state index contributed by atoms with van der Waals surface area (Å²) in [6, 6.07) is 12.4.